The monoisotopic (exact) mass is 162 g/mol. The first-order valence-corrected chi connectivity index (χ1v) is 4.73. The third kappa shape index (κ3) is 2.36. The molecule has 0 spiro atoms. The zero-order valence-corrected chi connectivity index (χ0v) is 6.65. The van der Waals surface area contributed by atoms with Crippen molar-refractivity contribution in [2.75, 3.05) is 13.1 Å². The van der Waals surface area contributed by atoms with Crippen LogP contribution in [-0.2, 0) is 11.1 Å². The topological polar surface area (TPSA) is 52.2 Å². The van der Waals surface area contributed by atoms with Gasteiger partial charge >= 0.3 is 0 Å². The zero-order chi connectivity index (χ0) is 7.40. The molecule has 10 heavy (non-hydrogen) atoms. The predicted molar refractivity (Wildman–Crippen MR) is 39.4 cm³/mol. The number of nitrogens with one attached hydrogen (secondary N) is 1. The molecule has 60 valence electrons. The maximum Gasteiger partial charge on any atom is 0.0228 e. The van der Waals surface area contributed by atoms with E-state index >= 15 is 0 Å². The minimum atomic E-state index is -1.85. The van der Waals surface area contributed by atoms with E-state index in [2.05, 4.69) is 5.32 Å². The lowest BCUT2D eigenvalue weighted by Crippen LogP contribution is -2.18. The summed E-state index contributed by atoms with van der Waals surface area (Å²) >= 11 is -1.85. The second-order valence-corrected chi connectivity index (χ2v) is 3.75. The quantitative estimate of drug-likeness (QED) is 0.552. The van der Waals surface area contributed by atoms with E-state index in [1.54, 1.807) is 0 Å². The van der Waals surface area contributed by atoms with E-state index < -0.39 is 11.1 Å². The van der Waals surface area contributed by atoms with Crippen LogP contribution in [0.2, 0.25) is 0 Å². The molecule has 1 rings (SSSR count). The van der Waals surface area contributed by atoms with E-state index in [4.69, 9.17) is 0 Å². The van der Waals surface area contributed by atoms with E-state index in [1.807, 2.05) is 0 Å². The van der Waals surface area contributed by atoms with Gasteiger partial charge < -0.3 is 9.87 Å². The van der Waals surface area contributed by atoms with Crippen LogP contribution in [0.3, 0.4) is 0 Å². The molecule has 1 saturated heterocycles. The van der Waals surface area contributed by atoms with Gasteiger partial charge in [-0.1, -0.05) is 11.1 Å². The number of hydrogen-bond donors (Lipinski definition) is 1. The van der Waals surface area contributed by atoms with Crippen LogP contribution in [0.5, 0.6) is 0 Å². The van der Waals surface area contributed by atoms with Gasteiger partial charge in [-0.2, -0.15) is 0 Å². The van der Waals surface area contributed by atoms with Crippen molar-refractivity contribution in [1.82, 2.24) is 5.32 Å². The van der Waals surface area contributed by atoms with E-state index in [-0.39, 0.29) is 5.25 Å². The van der Waals surface area contributed by atoms with Crippen molar-refractivity contribution in [3.05, 3.63) is 0 Å². The predicted octanol–water partition coefficient (Wildman–Crippen LogP) is 0.00760. The highest BCUT2D eigenvalue weighted by Crippen LogP contribution is 2.09. The Hall–Kier alpha value is 0.0700. The van der Waals surface area contributed by atoms with Crippen molar-refractivity contribution in [1.29, 1.82) is 0 Å². The highest BCUT2D eigenvalue weighted by molar-refractivity contribution is 7.79. The van der Waals surface area contributed by atoms with Crippen molar-refractivity contribution in [3.63, 3.8) is 0 Å². The van der Waals surface area contributed by atoms with E-state index in [0.717, 1.165) is 32.4 Å². The van der Waals surface area contributed by atoms with Crippen LogP contribution in [-0.4, -0.2) is 27.1 Å². The molecule has 4 heteroatoms. The fourth-order valence-corrected chi connectivity index (χ4v) is 1.85. The van der Waals surface area contributed by atoms with Gasteiger partial charge in [0.2, 0.25) is 0 Å². The molecule has 0 bridgehead atoms. The summed E-state index contributed by atoms with van der Waals surface area (Å²) in [6, 6.07) is 0. The molecule has 1 fully saturated rings. The molecule has 3 nitrogen and oxygen atoms in total. The summed E-state index contributed by atoms with van der Waals surface area (Å²) in [5.74, 6) is 0. The summed E-state index contributed by atoms with van der Waals surface area (Å²) in [6.45, 7) is 1.81. The Bertz CT molecular complexity index is 121. The lowest BCUT2D eigenvalue weighted by molar-refractivity contribution is 0.512. The zero-order valence-electron chi connectivity index (χ0n) is 5.84. The Labute approximate surface area is 63.5 Å². The van der Waals surface area contributed by atoms with Gasteiger partial charge in [0.15, 0.2) is 0 Å². The minimum Gasteiger partial charge on any atom is -0.772 e. The third-order valence-electron chi connectivity index (χ3n) is 1.79. The summed E-state index contributed by atoms with van der Waals surface area (Å²) in [7, 11) is 0. The molecule has 0 radical (unpaired) electrons. The van der Waals surface area contributed by atoms with Crippen molar-refractivity contribution in [2.24, 2.45) is 0 Å². The second kappa shape index (κ2) is 4.05. The van der Waals surface area contributed by atoms with Gasteiger partial charge in [-0.15, -0.1) is 0 Å². The molecule has 0 aromatic heterocycles. The van der Waals surface area contributed by atoms with Gasteiger partial charge in [0.1, 0.15) is 0 Å². The maximum absolute atomic E-state index is 10.5. The van der Waals surface area contributed by atoms with E-state index in [0.29, 0.717) is 0 Å². The van der Waals surface area contributed by atoms with Crippen LogP contribution in [0.25, 0.3) is 0 Å². The van der Waals surface area contributed by atoms with Crippen molar-refractivity contribution < 1.29 is 8.76 Å². The molecule has 0 amide bonds. The summed E-state index contributed by atoms with van der Waals surface area (Å²) in [5.41, 5.74) is 0. The largest absolute Gasteiger partial charge is 0.772 e. The first-order valence-electron chi connectivity index (χ1n) is 3.59. The highest BCUT2D eigenvalue weighted by atomic mass is 32.2. The fraction of sp³-hybridized carbons (Fsp3) is 1.00. The van der Waals surface area contributed by atoms with Crippen molar-refractivity contribution in [2.45, 2.75) is 24.5 Å². The average Bonchev–Trinajstić information content (AvgIpc) is 2.12. The number of hydrogen-bond acceptors (Lipinski definition) is 3. The summed E-state index contributed by atoms with van der Waals surface area (Å²) in [4.78, 5) is 0. The Morgan fingerprint density at radius 2 is 2.20 bits per heavy atom. The highest BCUT2D eigenvalue weighted by Gasteiger charge is 2.11. The Balaban J connectivity index is 2.35. The van der Waals surface area contributed by atoms with Crippen molar-refractivity contribution >= 4 is 11.1 Å². The molecule has 0 aliphatic carbocycles. The standard InChI is InChI=1S/C6H13NO2S/c8-10(9)6-2-1-4-7-5-3-6/h6-7H,1-5H2,(H,8,9)/p-1. The van der Waals surface area contributed by atoms with Gasteiger partial charge in [0.05, 0.1) is 0 Å². The number of rotatable bonds is 1. The van der Waals surface area contributed by atoms with Gasteiger partial charge in [0.25, 0.3) is 0 Å². The lowest BCUT2D eigenvalue weighted by atomic mass is 10.2. The normalized spacial score (nSPS) is 31.1. The molecule has 0 saturated carbocycles. The minimum absolute atomic E-state index is 0.102. The summed E-state index contributed by atoms with van der Waals surface area (Å²) in [5, 5.41) is 3.06. The molecule has 0 aromatic carbocycles. The van der Waals surface area contributed by atoms with Crippen LogP contribution < -0.4 is 5.32 Å². The molecule has 2 atom stereocenters. The fourth-order valence-electron chi connectivity index (χ4n) is 1.18. The molecule has 1 aliphatic rings. The molecular weight excluding hydrogens is 150 g/mol. The van der Waals surface area contributed by atoms with Crippen LogP contribution in [0.4, 0.5) is 0 Å². The molecule has 2 unspecified atom stereocenters. The van der Waals surface area contributed by atoms with Crippen LogP contribution >= 0.6 is 0 Å². The first-order chi connectivity index (χ1) is 4.80. The average molecular weight is 162 g/mol. The van der Waals surface area contributed by atoms with Gasteiger partial charge in [0, 0.05) is 5.25 Å². The van der Waals surface area contributed by atoms with Crippen LogP contribution in [0.15, 0.2) is 0 Å². The van der Waals surface area contributed by atoms with E-state index in [1.165, 1.54) is 0 Å². The molecular formula is C6H12NO2S-. The smallest absolute Gasteiger partial charge is 0.0228 e. The van der Waals surface area contributed by atoms with Gasteiger partial charge in [-0.3, -0.25) is 4.21 Å². The Morgan fingerprint density at radius 3 is 2.90 bits per heavy atom. The van der Waals surface area contributed by atoms with Crippen LogP contribution in [0.1, 0.15) is 19.3 Å². The molecule has 1 N–H and O–H groups in total. The molecule has 1 aliphatic heterocycles. The van der Waals surface area contributed by atoms with Crippen molar-refractivity contribution in [3.8, 4) is 0 Å². The molecule has 1 heterocycles. The van der Waals surface area contributed by atoms with Gasteiger partial charge in [-0.05, 0) is 32.4 Å². The summed E-state index contributed by atoms with van der Waals surface area (Å²) < 4.78 is 21.0. The van der Waals surface area contributed by atoms with E-state index in [9.17, 15) is 8.76 Å². The SMILES string of the molecule is O=S([O-])C1CCCNCC1. The second-order valence-electron chi connectivity index (χ2n) is 2.56. The Kier molecular flexibility index (Phi) is 3.31. The van der Waals surface area contributed by atoms with Gasteiger partial charge in [-0.25, -0.2) is 0 Å². The Morgan fingerprint density at radius 1 is 1.40 bits per heavy atom. The van der Waals surface area contributed by atoms with Crippen LogP contribution in [0, 0.1) is 0 Å². The first kappa shape index (κ1) is 8.17. The third-order valence-corrected chi connectivity index (χ3v) is 2.81. The maximum atomic E-state index is 10.5. The lowest BCUT2D eigenvalue weighted by Gasteiger charge is -2.15. The summed E-state index contributed by atoms with van der Waals surface area (Å²) in [6.07, 6.45) is 2.58. The molecule has 0 aromatic rings.